The first-order chi connectivity index (χ1) is 8.52. The van der Waals surface area contributed by atoms with E-state index >= 15 is 0 Å². The third-order valence-electron chi connectivity index (χ3n) is 2.79. The van der Waals surface area contributed by atoms with Crippen LogP contribution in [0.4, 0.5) is 0 Å². The molecule has 0 spiro atoms. The van der Waals surface area contributed by atoms with Gasteiger partial charge in [0, 0.05) is 12.0 Å². The summed E-state index contributed by atoms with van der Waals surface area (Å²) in [5, 5.41) is 13.2. The summed E-state index contributed by atoms with van der Waals surface area (Å²) >= 11 is 0. The number of aromatic carboxylic acids is 1. The third-order valence-corrected chi connectivity index (χ3v) is 2.79. The van der Waals surface area contributed by atoms with Crippen LogP contribution in [0.3, 0.4) is 0 Å². The maximum Gasteiger partial charge on any atom is 0.341 e. The minimum absolute atomic E-state index is 0.169. The largest absolute Gasteiger partial charge is 0.477 e. The summed E-state index contributed by atoms with van der Waals surface area (Å²) in [6.07, 6.45) is 0.513. The Kier molecular flexibility index (Phi) is 3.19. The number of carboxylic acid groups (broad SMARTS) is 1. The van der Waals surface area contributed by atoms with E-state index in [1.807, 2.05) is 39.0 Å². The molecule has 2 rings (SSSR count). The molecular formula is C14H15NO3. The first kappa shape index (κ1) is 12.4. The molecule has 94 valence electrons. The molecule has 0 saturated heterocycles. The predicted molar refractivity (Wildman–Crippen MR) is 67.8 cm³/mol. The number of aryl methyl sites for hydroxylation is 3. The predicted octanol–water partition coefficient (Wildman–Crippen LogP) is 3.22. The van der Waals surface area contributed by atoms with Gasteiger partial charge in [0.25, 0.3) is 0 Å². The van der Waals surface area contributed by atoms with Crippen molar-refractivity contribution < 1.29 is 14.4 Å². The van der Waals surface area contributed by atoms with Crippen LogP contribution in [0.15, 0.2) is 22.7 Å². The fourth-order valence-corrected chi connectivity index (χ4v) is 2.09. The Morgan fingerprint density at radius 2 is 1.89 bits per heavy atom. The molecular weight excluding hydrogens is 230 g/mol. The molecule has 0 aliphatic heterocycles. The van der Waals surface area contributed by atoms with Crippen LogP contribution in [0.25, 0.3) is 11.3 Å². The Morgan fingerprint density at radius 1 is 1.28 bits per heavy atom. The van der Waals surface area contributed by atoms with Crippen LogP contribution in [0.1, 0.15) is 34.2 Å². The molecule has 0 bridgehead atoms. The smallest absolute Gasteiger partial charge is 0.341 e. The van der Waals surface area contributed by atoms with Gasteiger partial charge in [0.2, 0.25) is 0 Å². The summed E-state index contributed by atoms with van der Waals surface area (Å²) in [7, 11) is 0. The lowest BCUT2D eigenvalue weighted by atomic mass is 10.0. The zero-order chi connectivity index (χ0) is 13.3. The summed E-state index contributed by atoms with van der Waals surface area (Å²) in [6.45, 7) is 5.79. The van der Waals surface area contributed by atoms with Crippen molar-refractivity contribution in [2.75, 3.05) is 0 Å². The Hall–Kier alpha value is -2.10. The van der Waals surface area contributed by atoms with Crippen LogP contribution < -0.4 is 0 Å². The highest BCUT2D eigenvalue weighted by Crippen LogP contribution is 2.27. The van der Waals surface area contributed by atoms with Crippen LogP contribution in [0.2, 0.25) is 0 Å². The van der Waals surface area contributed by atoms with Gasteiger partial charge in [-0.2, -0.15) is 0 Å². The number of hydrogen-bond donors (Lipinski definition) is 1. The summed E-state index contributed by atoms with van der Waals surface area (Å²) < 4.78 is 5.11. The summed E-state index contributed by atoms with van der Waals surface area (Å²) in [6, 6.07) is 5.86. The molecule has 1 heterocycles. The van der Waals surface area contributed by atoms with Gasteiger partial charge in [0.05, 0.1) is 0 Å². The van der Waals surface area contributed by atoms with Gasteiger partial charge < -0.3 is 9.63 Å². The van der Waals surface area contributed by atoms with Crippen LogP contribution in [0.5, 0.6) is 0 Å². The number of rotatable bonds is 3. The van der Waals surface area contributed by atoms with E-state index in [-0.39, 0.29) is 5.56 Å². The Bertz CT molecular complexity index is 579. The van der Waals surface area contributed by atoms with E-state index in [4.69, 9.17) is 4.52 Å². The van der Waals surface area contributed by atoms with Gasteiger partial charge in [-0.1, -0.05) is 29.3 Å². The average Bonchev–Trinajstić information content (AvgIpc) is 2.71. The van der Waals surface area contributed by atoms with Crippen LogP contribution in [-0.4, -0.2) is 16.2 Å². The molecule has 0 radical (unpaired) electrons. The zero-order valence-corrected chi connectivity index (χ0v) is 10.7. The fourth-order valence-electron chi connectivity index (χ4n) is 2.09. The Labute approximate surface area is 105 Å². The lowest BCUT2D eigenvalue weighted by molar-refractivity contribution is 0.0695. The monoisotopic (exact) mass is 245 g/mol. The van der Waals surface area contributed by atoms with Crippen molar-refractivity contribution in [3.63, 3.8) is 0 Å². The van der Waals surface area contributed by atoms with Crippen molar-refractivity contribution in [1.82, 2.24) is 5.16 Å². The van der Waals surface area contributed by atoms with Crippen molar-refractivity contribution in [2.45, 2.75) is 27.2 Å². The second-order valence-electron chi connectivity index (χ2n) is 4.36. The highest BCUT2D eigenvalue weighted by atomic mass is 16.5. The summed E-state index contributed by atoms with van der Waals surface area (Å²) in [4.78, 5) is 11.3. The van der Waals surface area contributed by atoms with Crippen molar-refractivity contribution >= 4 is 5.97 Å². The van der Waals surface area contributed by atoms with E-state index in [1.54, 1.807) is 0 Å². The molecule has 4 heteroatoms. The number of nitrogens with zero attached hydrogens (tertiary/aromatic N) is 1. The quantitative estimate of drug-likeness (QED) is 0.901. The summed E-state index contributed by atoms with van der Waals surface area (Å²) in [5.74, 6) is -0.584. The standard InChI is InChI=1S/C14H15NO3/c1-4-11-12(14(16)17)13(15-18-11)10-6-8(2)5-9(3)7-10/h5-7H,4H2,1-3H3,(H,16,17). The van der Waals surface area contributed by atoms with E-state index < -0.39 is 5.97 Å². The molecule has 0 fully saturated rings. The number of hydrogen-bond acceptors (Lipinski definition) is 3. The van der Waals surface area contributed by atoms with Gasteiger partial charge in [-0.3, -0.25) is 0 Å². The van der Waals surface area contributed by atoms with E-state index in [0.29, 0.717) is 17.9 Å². The molecule has 0 unspecified atom stereocenters. The minimum atomic E-state index is -0.998. The first-order valence-electron chi connectivity index (χ1n) is 5.83. The molecule has 1 aromatic heterocycles. The third kappa shape index (κ3) is 2.14. The van der Waals surface area contributed by atoms with Gasteiger partial charge >= 0.3 is 5.97 Å². The molecule has 0 atom stereocenters. The van der Waals surface area contributed by atoms with Gasteiger partial charge in [-0.25, -0.2) is 4.79 Å². The second-order valence-corrected chi connectivity index (χ2v) is 4.36. The molecule has 4 nitrogen and oxygen atoms in total. The van der Waals surface area contributed by atoms with Crippen LogP contribution in [0, 0.1) is 13.8 Å². The zero-order valence-electron chi connectivity index (χ0n) is 10.7. The Balaban J connectivity index is 2.63. The van der Waals surface area contributed by atoms with E-state index in [0.717, 1.165) is 16.7 Å². The maximum absolute atomic E-state index is 11.3. The molecule has 1 aromatic carbocycles. The SMILES string of the molecule is CCc1onc(-c2cc(C)cc(C)c2)c1C(=O)O. The lowest BCUT2D eigenvalue weighted by Gasteiger charge is -2.02. The van der Waals surface area contributed by atoms with Crippen molar-refractivity contribution in [1.29, 1.82) is 0 Å². The highest BCUT2D eigenvalue weighted by Gasteiger charge is 2.22. The number of benzene rings is 1. The topological polar surface area (TPSA) is 63.3 Å². The number of carbonyl (C=O) groups is 1. The van der Waals surface area contributed by atoms with Crippen LogP contribution in [-0.2, 0) is 6.42 Å². The normalized spacial score (nSPS) is 10.6. The minimum Gasteiger partial charge on any atom is -0.477 e. The van der Waals surface area contributed by atoms with Crippen molar-refractivity contribution in [3.8, 4) is 11.3 Å². The lowest BCUT2D eigenvalue weighted by Crippen LogP contribution is -2.01. The van der Waals surface area contributed by atoms with Crippen molar-refractivity contribution in [2.24, 2.45) is 0 Å². The van der Waals surface area contributed by atoms with E-state index in [2.05, 4.69) is 5.16 Å². The van der Waals surface area contributed by atoms with E-state index in [9.17, 15) is 9.90 Å². The Morgan fingerprint density at radius 3 is 2.39 bits per heavy atom. The molecule has 0 aliphatic carbocycles. The molecule has 1 N–H and O–H groups in total. The fraction of sp³-hybridized carbons (Fsp3) is 0.286. The van der Waals surface area contributed by atoms with Gasteiger partial charge in [-0.05, 0) is 26.0 Å². The van der Waals surface area contributed by atoms with E-state index in [1.165, 1.54) is 0 Å². The van der Waals surface area contributed by atoms with Crippen molar-refractivity contribution in [3.05, 3.63) is 40.6 Å². The van der Waals surface area contributed by atoms with Gasteiger partial charge in [-0.15, -0.1) is 0 Å². The maximum atomic E-state index is 11.3. The second kappa shape index (κ2) is 4.64. The molecule has 0 aliphatic rings. The molecule has 0 amide bonds. The number of carboxylic acids is 1. The highest BCUT2D eigenvalue weighted by molar-refractivity contribution is 5.95. The molecule has 0 saturated carbocycles. The number of aromatic nitrogens is 1. The molecule has 18 heavy (non-hydrogen) atoms. The van der Waals surface area contributed by atoms with Gasteiger partial charge in [0.1, 0.15) is 11.3 Å². The average molecular weight is 245 g/mol. The van der Waals surface area contributed by atoms with Crippen LogP contribution >= 0.6 is 0 Å². The molecule has 2 aromatic rings. The first-order valence-corrected chi connectivity index (χ1v) is 5.83. The van der Waals surface area contributed by atoms with Gasteiger partial charge in [0.15, 0.2) is 5.76 Å². The summed E-state index contributed by atoms with van der Waals surface area (Å²) in [5.41, 5.74) is 3.51.